The van der Waals surface area contributed by atoms with E-state index in [1.807, 2.05) is 26.8 Å². The van der Waals surface area contributed by atoms with Crippen LogP contribution in [0.1, 0.15) is 30.7 Å². The highest BCUT2D eigenvalue weighted by atomic mass is 32.2. The molecule has 7 nitrogen and oxygen atoms in total. The van der Waals surface area contributed by atoms with Gasteiger partial charge >= 0.3 is 0 Å². The number of likely N-dealkylation sites (N-methyl/N-ethyl adjacent to an activating group) is 1. The molecule has 1 saturated heterocycles. The third kappa shape index (κ3) is 3.60. The second-order valence-electron chi connectivity index (χ2n) is 6.26. The predicted octanol–water partition coefficient (Wildman–Crippen LogP) is 4.78. The first-order chi connectivity index (χ1) is 13.4. The first kappa shape index (κ1) is 19.9. The molecule has 0 atom stereocenters. The van der Waals surface area contributed by atoms with Gasteiger partial charge in [-0.15, -0.1) is 0 Å². The van der Waals surface area contributed by atoms with Crippen molar-refractivity contribution in [1.82, 2.24) is 4.90 Å². The summed E-state index contributed by atoms with van der Waals surface area (Å²) in [6.07, 6.45) is 1.71. The largest absolute Gasteiger partial charge is 0.457 e. The molecule has 28 heavy (non-hydrogen) atoms. The van der Waals surface area contributed by atoms with Gasteiger partial charge in [-0.3, -0.25) is 24.8 Å². The van der Waals surface area contributed by atoms with Crippen molar-refractivity contribution < 1.29 is 14.1 Å². The minimum absolute atomic E-state index is 0.0833. The Hall–Kier alpha value is -2.87. The maximum atomic E-state index is 12.6. The van der Waals surface area contributed by atoms with E-state index in [1.165, 1.54) is 17.8 Å². The highest BCUT2D eigenvalue weighted by Crippen LogP contribution is 2.35. The second-order valence-corrected chi connectivity index (χ2v) is 7.27. The summed E-state index contributed by atoms with van der Waals surface area (Å²) in [5, 5.41) is 11.8. The van der Waals surface area contributed by atoms with Crippen LogP contribution in [0.15, 0.2) is 38.6 Å². The topological polar surface area (TPSA) is 89.0 Å². The first-order valence-electron chi connectivity index (χ1n) is 8.98. The number of aliphatic imine (C=N–C) groups is 1. The molecule has 3 rings (SSSR count). The number of nitro benzene ring substituents is 1. The van der Waals surface area contributed by atoms with Crippen LogP contribution >= 0.6 is 11.8 Å². The monoisotopic (exact) mass is 399 g/mol. The van der Waals surface area contributed by atoms with Crippen molar-refractivity contribution in [2.45, 2.75) is 27.7 Å². The van der Waals surface area contributed by atoms with Gasteiger partial charge in [-0.25, -0.2) is 0 Å². The number of carbonyl (C=O) groups excluding carboxylic acids is 1. The summed E-state index contributed by atoms with van der Waals surface area (Å²) in [4.78, 5) is 29.8. The number of thioether (sulfide) groups is 1. The Bertz CT molecular complexity index is 1010. The van der Waals surface area contributed by atoms with Crippen LogP contribution in [0.5, 0.6) is 0 Å². The van der Waals surface area contributed by atoms with Crippen LogP contribution in [0.3, 0.4) is 0 Å². The molecular formula is C20H21N3O4S. The van der Waals surface area contributed by atoms with Crippen LogP contribution in [0.2, 0.25) is 0 Å². The standard InChI is InChI=1S/C20H21N3O4S/c1-5-21-20-22(6-2)19(24)18(28-20)11-14-7-10-17(27-14)15-8-9-16(23(25)26)13(4)12(15)3/h7-11H,5-6H2,1-4H3. The van der Waals surface area contributed by atoms with Crippen LogP contribution in [-0.2, 0) is 4.79 Å². The van der Waals surface area contributed by atoms with E-state index in [9.17, 15) is 14.9 Å². The van der Waals surface area contributed by atoms with Crippen LogP contribution in [0, 0.1) is 24.0 Å². The van der Waals surface area contributed by atoms with Gasteiger partial charge < -0.3 is 4.42 Å². The van der Waals surface area contributed by atoms with Crippen molar-refractivity contribution in [1.29, 1.82) is 0 Å². The van der Waals surface area contributed by atoms with Gasteiger partial charge in [0.15, 0.2) is 5.17 Å². The molecule has 2 heterocycles. The van der Waals surface area contributed by atoms with E-state index < -0.39 is 0 Å². The summed E-state index contributed by atoms with van der Waals surface area (Å²) in [7, 11) is 0. The summed E-state index contributed by atoms with van der Waals surface area (Å²) in [5.41, 5.74) is 2.29. The first-order valence-corrected chi connectivity index (χ1v) is 9.79. The Labute approximate surface area is 167 Å². The van der Waals surface area contributed by atoms with Crippen molar-refractivity contribution in [3.8, 4) is 11.3 Å². The third-order valence-electron chi connectivity index (χ3n) is 4.62. The zero-order valence-electron chi connectivity index (χ0n) is 16.2. The molecule has 0 bridgehead atoms. The van der Waals surface area contributed by atoms with Crippen LogP contribution in [0.4, 0.5) is 5.69 Å². The van der Waals surface area contributed by atoms with Crippen molar-refractivity contribution in [2.24, 2.45) is 4.99 Å². The fourth-order valence-corrected chi connectivity index (χ4v) is 4.10. The lowest BCUT2D eigenvalue weighted by molar-refractivity contribution is -0.385. The minimum Gasteiger partial charge on any atom is -0.457 e. The quantitative estimate of drug-likeness (QED) is 0.410. The molecule has 8 heteroatoms. The number of furan rings is 1. The molecule has 2 aromatic rings. The smallest absolute Gasteiger partial charge is 0.272 e. The van der Waals surface area contributed by atoms with Crippen molar-refractivity contribution in [3.05, 3.63) is 56.2 Å². The SMILES string of the molecule is CCN=C1SC(=Cc2ccc(-c3ccc([N+](=O)[O-])c(C)c3C)o2)C(=O)N1CC. The number of nitro groups is 1. The number of hydrogen-bond acceptors (Lipinski definition) is 6. The molecular weight excluding hydrogens is 378 g/mol. The van der Waals surface area contributed by atoms with Gasteiger partial charge in [-0.2, -0.15) is 0 Å². The van der Waals surface area contributed by atoms with E-state index in [2.05, 4.69) is 4.99 Å². The van der Waals surface area contributed by atoms with E-state index in [0.29, 0.717) is 40.2 Å². The lowest BCUT2D eigenvalue weighted by Gasteiger charge is -2.11. The molecule has 0 radical (unpaired) electrons. The van der Waals surface area contributed by atoms with Gasteiger partial charge in [0.1, 0.15) is 11.5 Å². The molecule has 0 aliphatic carbocycles. The molecule has 146 valence electrons. The number of amides is 1. The number of amidine groups is 1. The molecule has 0 spiro atoms. The van der Waals surface area contributed by atoms with E-state index in [1.54, 1.807) is 30.0 Å². The highest BCUT2D eigenvalue weighted by Gasteiger charge is 2.32. The van der Waals surface area contributed by atoms with E-state index >= 15 is 0 Å². The number of carbonyl (C=O) groups is 1. The lowest BCUT2D eigenvalue weighted by atomic mass is 10.00. The van der Waals surface area contributed by atoms with Crippen molar-refractivity contribution in [2.75, 3.05) is 13.1 Å². The van der Waals surface area contributed by atoms with Crippen LogP contribution < -0.4 is 0 Å². The number of benzene rings is 1. The summed E-state index contributed by atoms with van der Waals surface area (Å²) >= 11 is 1.34. The van der Waals surface area contributed by atoms with Gasteiger partial charge in [0, 0.05) is 36.4 Å². The van der Waals surface area contributed by atoms with E-state index in [-0.39, 0.29) is 16.5 Å². The van der Waals surface area contributed by atoms with Gasteiger partial charge in [0.25, 0.3) is 11.6 Å². The summed E-state index contributed by atoms with van der Waals surface area (Å²) in [6.45, 7) is 8.58. The Morgan fingerprint density at radius 2 is 1.96 bits per heavy atom. The average molecular weight is 399 g/mol. The normalized spacial score (nSPS) is 17.1. The second kappa shape index (κ2) is 8.02. The summed E-state index contributed by atoms with van der Waals surface area (Å²) < 4.78 is 5.91. The van der Waals surface area contributed by atoms with Gasteiger partial charge in [-0.1, -0.05) is 0 Å². The molecule has 1 fully saturated rings. The molecule has 1 amide bonds. The van der Waals surface area contributed by atoms with Crippen LogP contribution in [0.25, 0.3) is 17.4 Å². The fraction of sp³-hybridized carbons (Fsp3) is 0.300. The zero-order valence-corrected chi connectivity index (χ0v) is 17.0. The molecule has 1 aliphatic rings. The zero-order chi connectivity index (χ0) is 20.4. The molecule has 0 unspecified atom stereocenters. The lowest BCUT2D eigenvalue weighted by Crippen LogP contribution is -2.28. The highest BCUT2D eigenvalue weighted by molar-refractivity contribution is 8.18. The third-order valence-corrected chi connectivity index (χ3v) is 5.66. The Kier molecular flexibility index (Phi) is 5.69. The van der Waals surface area contributed by atoms with Crippen LogP contribution in [-0.4, -0.2) is 34.0 Å². The minimum atomic E-state index is -0.387. The Morgan fingerprint density at radius 1 is 1.21 bits per heavy atom. The van der Waals surface area contributed by atoms with E-state index in [4.69, 9.17) is 4.42 Å². The molecule has 0 N–H and O–H groups in total. The average Bonchev–Trinajstić information content (AvgIpc) is 3.22. The number of nitrogens with zero attached hydrogens (tertiary/aromatic N) is 3. The summed E-state index contributed by atoms with van der Waals surface area (Å²) in [5.74, 6) is 1.07. The maximum absolute atomic E-state index is 12.6. The number of hydrogen-bond donors (Lipinski definition) is 0. The molecule has 1 aliphatic heterocycles. The fourth-order valence-electron chi connectivity index (χ4n) is 3.02. The molecule has 1 aromatic carbocycles. The Balaban J connectivity index is 1.93. The van der Waals surface area contributed by atoms with Gasteiger partial charge in [0.2, 0.25) is 0 Å². The van der Waals surface area contributed by atoms with Gasteiger partial charge in [-0.05, 0) is 63.2 Å². The molecule has 1 aromatic heterocycles. The molecule has 0 saturated carbocycles. The van der Waals surface area contributed by atoms with E-state index in [0.717, 1.165) is 11.1 Å². The maximum Gasteiger partial charge on any atom is 0.272 e. The predicted molar refractivity (Wildman–Crippen MR) is 111 cm³/mol. The summed E-state index contributed by atoms with van der Waals surface area (Å²) in [6, 6.07) is 6.78. The van der Waals surface area contributed by atoms with Crippen molar-refractivity contribution in [3.63, 3.8) is 0 Å². The van der Waals surface area contributed by atoms with Gasteiger partial charge in [0.05, 0.1) is 9.83 Å². The number of rotatable bonds is 5. The van der Waals surface area contributed by atoms with Crippen molar-refractivity contribution >= 4 is 34.6 Å². The Morgan fingerprint density at radius 3 is 2.61 bits per heavy atom.